The number of carbonyl (C=O) groups excluding carboxylic acids is 1. The zero-order valence-electron chi connectivity index (χ0n) is 6.79. The fourth-order valence-electron chi connectivity index (χ4n) is 0.984. The maximum absolute atomic E-state index is 10.8. The van der Waals surface area contributed by atoms with Crippen molar-refractivity contribution in [2.75, 3.05) is 18.1 Å². The van der Waals surface area contributed by atoms with Gasteiger partial charge in [0.15, 0.2) is 0 Å². The number of nitrogens with two attached hydrogens (primary N) is 2. The molecule has 0 aliphatic rings. The zero-order chi connectivity index (χ0) is 9.14. The largest absolute Gasteiger partial charge is 0.399 e. The molecule has 12 heavy (non-hydrogen) atoms. The number of carbonyl (C=O) groups is 1. The van der Waals surface area contributed by atoms with Crippen LogP contribution < -0.4 is 16.8 Å². The highest BCUT2D eigenvalue weighted by molar-refractivity contribution is 5.99. The van der Waals surface area contributed by atoms with E-state index in [9.17, 15) is 4.79 Å². The number of primary amides is 1. The third-order valence-corrected chi connectivity index (χ3v) is 1.58. The number of nitrogen functional groups attached to an aromatic ring is 1. The summed E-state index contributed by atoms with van der Waals surface area (Å²) >= 11 is 0. The molecule has 4 nitrogen and oxygen atoms in total. The summed E-state index contributed by atoms with van der Waals surface area (Å²) in [5, 5.41) is 2.84. The SMILES string of the molecule is CNc1cc(N)ccc1C(N)=O. The third-order valence-electron chi connectivity index (χ3n) is 1.58. The van der Waals surface area contributed by atoms with E-state index in [0.29, 0.717) is 16.9 Å². The number of hydrogen-bond donors (Lipinski definition) is 3. The summed E-state index contributed by atoms with van der Waals surface area (Å²) in [6.45, 7) is 0. The van der Waals surface area contributed by atoms with Crippen LogP contribution in [0.15, 0.2) is 18.2 Å². The lowest BCUT2D eigenvalue weighted by molar-refractivity contribution is 0.100. The van der Waals surface area contributed by atoms with E-state index in [4.69, 9.17) is 11.5 Å². The molecule has 4 heteroatoms. The Labute approximate surface area is 70.6 Å². The monoisotopic (exact) mass is 165 g/mol. The predicted octanol–water partition coefficient (Wildman–Crippen LogP) is 0.409. The van der Waals surface area contributed by atoms with Crippen LogP contribution in [0, 0.1) is 0 Å². The smallest absolute Gasteiger partial charge is 0.250 e. The van der Waals surface area contributed by atoms with Crippen LogP contribution in [0.4, 0.5) is 11.4 Å². The van der Waals surface area contributed by atoms with Crippen molar-refractivity contribution >= 4 is 17.3 Å². The summed E-state index contributed by atoms with van der Waals surface area (Å²) in [6.07, 6.45) is 0. The van der Waals surface area contributed by atoms with Crippen LogP contribution in [0.5, 0.6) is 0 Å². The molecule has 1 rings (SSSR count). The summed E-state index contributed by atoms with van der Waals surface area (Å²) in [5.41, 5.74) is 12.3. The van der Waals surface area contributed by atoms with Crippen LogP contribution in [0.1, 0.15) is 10.4 Å². The van der Waals surface area contributed by atoms with Crippen molar-refractivity contribution in [3.05, 3.63) is 23.8 Å². The van der Waals surface area contributed by atoms with Gasteiger partial charge in [-0.1, -0.05) is 0 Å². The fraction of sp³-hybridized carbons (Fsp3) is 0.125. The highest BCUT2D eigenvalue weighted by Crippen LogP contribution is 2.17. The van der Waals surface area contributed by atoms with Crippen LogP contribution in [-0.2, 0) is 0 Å². The number of rotatable bonds is 2. The van der Waals surface area contributed by atoms with Gasteiger partial charge in [-0.3, -0.25) is 4.79 Å². The molecule has 0 aliphatic heterocycles. The second-order valence-electron chi connectivity index (χ2n) is 2.42. The van der Waals surface area contributed by atoms with Crippen LogP contribution >= 0.6 is 0 Å². The van der Waals surface area contributed by atoms with Crippen molar-refractivity contribution in [1.29, 1.82) is 0 Å². The Bertz CT molecular complexity index is 309. The molecule has 0 aromatic heterocycles. The highest BCUT2D eigenvalue weighted by atomic mass is 16.1. The first kappa shape index (κ1) is 8.39. The van der Waals surface area contributed by atoms with Gasteiger partial charge >= 0.3 is 0 Å². The van der Waals surface area contributed by atoms with Gasteiger partial charge in [-0.05, 0) is 18.2 Å². The normalized spacial score (nSPS) is 9.42. The Morgan fingerprint density at radius 3 is 2.67 bits per heavy atom. The molecule has 64 valence electrons. The number of amides is 1. The summed E-state index contributed by atoms with van der Waals surface area (Å²) < 4.78 is 0. The first-order valence-corrected chi connectivity index (χ1v) is 3.52. The molecule has 0 atom stereocenters. The van der Waals surface area contributed by atoms with Crippen LogP contribution in [0.25, 0.3) is 0 Å². The fourth-order valence-corrected chi connectivity index (χ4v) is 0.984. The number of anilines is 2. The molecule has 0 heterocycles. The van der Waals surface area contributed by atoms with Gasteiger partial charge in [0, 0.05) is 18.4 Å². The predicted molar refractivity (Wildman–Crippen MR) is 48.9 cm³/mol. The van der Waals surface area contributed by atoms with Crippen molar-refractivity contribution in [3.63, 3.8) is 0 Å². The second kappa shape index (κ2) is 3.13. The third kappa shape index (κ3) is 1.47. The highest BCUT2D eigenvalue weighted by Gasteiger charge is 2.05. The number of nitrogens with one attached hydrogen (secondary N) is 1. The Morgan fingerprint density at radius 1 is 1.50 bits per heavy atom. The first-order chi connectivity index (χ1) is 5.65. The number of hydrogen-bond acceptors (Lipinski definition) is 3. The van der Waals surface area contributed by atoms with Crippen molar-refractivity contribution < 1.29 is 4.79 Å². The average molecular weight is 165 g/mol. The minimum Gasteiger partial charge on any atom is -0.399 e. The molecular weight excluding hydrogens is 154 g/mol. The minimum atomic E-state index is -0.459. The Hall–Kier alpha value is -1.71. The van der Waals surface area contributed by atoms with E-state index in [-0.39, 0.29) is 0 Å². The van der Waals surface area contributed by atoms with E-state index in [1.165, 1.54) is 0 Å². The molecule has 0 saturated carbocycles. The maximum atomic E-state index is 10.8. The lowest BCUT2D eigenvalue weighted by Crippen LogP contribution is -2.13. The molecule has 1 amide bonds. The van der Waals surface area contributed by atoms with Gasteiger partial charge < -0.3 is 16.8 Å². The summed E-state index contributed by atoms with van der Waals surface area (Å²) in [6, 6.07) is 4.91. The summed E-state index contributed by atoms with van der Waals surface area (Å²) in [5.74, 6) is -0.459. The van der Waals surface area contributed by atoms with E-state index in [2.05, 4.69) is 5.32 Å². The van der Waals surface area contributed by atoms with E-state index in [1.54, 1.807) is 25.2 Å². The lowest BCUT2D eigenvalue weighted by Gasteiger charge is -2.05. The van der Waals surface area contributed by atoms with Crippen molar-refractivity contribution in [1.82, 2.24) is 0 Å². The lowest BCUT2D eigenvalue weighted by atomic mass is 10.1. The van der Waals surface area contributed by atoms with Gasteiger partial charge in [0.05, 0.1) is 5.56 Å². The first-order valence-electron chi connectivity index (χ1n) is 3.52. The topological polar surface area (TPSA) is 81.1 Å². The minimum absolute atomic E-state index is 0.451. The molecule has 0 spiro atoms. The van der Waals surface area contributed by atoms with E-state index in [0.717, 1.165) is 0 Å². The average Bonchev–Trinajstić information content (AvgIpc) is 2.03. The van der Waals surface area contributed by atoms with Crippen LogP contribution in [0.3, 0.4) is 0 Å². The molecule has 0 fully saturated rings. The van der Waals surface area contributed by atoms with Crippen molar-refractivity contribution in [2.24, 2.45) is 5.73 Å². The Morgan fingerprint density at radius 2 is 2.17 bits per heavy atom. The van der Waals surface area contributed by atoms with Crippen molar-refractivity contribution in [3.8, 4) is 0 Å². The van der Waals surface area contributed by atoms with Gasteiger partial charge in [-0.15, -0.1) is 0 Å². The van der Waals surface area contributed by atoms with Gasteiger partial charge in [0.2, 0.25) is 0 Å². The van der Waals surface area contributed by atoms with E-state index >= 15 is 0 Å². The van der Waals surface area contributed by atoms with Gasteiger partial charge in [-0.25, -0.2) is 0 Å². The maximum Gasteiger partial charge on any atom is 0.250 e. The molecule has 0 aliphatic carbocycles. The molecule has 0 radical (unpaired) electrons. The van der Waals surface area contributed by atoms with E-state index < -0.39 is 5.91 Å². The van der Waals surface area contributed by atoms with Gasteiger partial charge in [-0.2, -0.15) is 0 Å². The number of benzene rings is 1. The van der Waals surface area contributed by atoms with Crippen LogP contribution in [0.2, 0.25) is 0 Å². The Kier molecular flexibility index (Phi) is 2.19. The quantitative estimate of drug-likeness (QED) is 0.555. The molecule has 0 bridgehead atoms. The molecule has 0 saturated heterocycles. The zero-order valence-corrected chi connectivity index (χ0v) is 6.79. The Balaban J connectivity index is 3.20. The van der Waals surface area contributed by atoms with Gasteiger partial charge in [0.25, 0.3) is 5.91 Å². The molecular formula is C8H11N3O. The molecule has 5 N–H and O–H groups in total. The standard InChI is InChI=1S/C8H11N3O/c1-11-7-4-5(9)2-3-6(7)8(10)12/h2-4,11H,9H2,1H3,(H2,10,12). The molecule has 1 aromatic carbocycles. The van der Waals surface area contributed by atoms with Crippen LogP contribution in [-0.4, -0.2) is 13.0 Å². The van der Waals surface area contributed by atoms with Crippen molar-refractivity contribution in [2.45, 2.75) is 0 Å². The molecule has 0 unspecified atom stereocenters. The molecule has 1 aromatic rings. The summed E-state index contributed by atoms with van der Waals surface area (Å²) in [4.78, 5) is 10.8. The summed E-state index contributed by atoms with van der Waals surface area (Å²) in [7, 11) is 1.71. The second-order valence-corrected chi connectivity index (χ2v) is 2.42. The van der Waals surface area contributed by atoms with Gasteiger partial charge in [0.1, 0.15) is 0 Å². The van der Waals surface area contributed by atoms with E-state index in [1.807, 2.05) is 0 Å².